The molecule has 3 amide bonds. The molecule has 1 aromatic carbocycles. The fraction of sp³-hybridized carbons (Fsp3) is 0.304. The van der Waals surface area contributed by atoms with Gasteiger partial charge in [-0.15, -0.1) is 0 Å². The van der Waals surface area contributed by atoms with Gasteiger partial charge >= 0.3 is 12.0 Å². The molecule has 162 valence electrons. The van der Waals surface area contributed by atoms with Crippen molar-refractivity contribution in [2.75, 3.05) is 0 Å². The van der Waals surface area contributed by atoms with Crippen molar-refractivity contribution in [1.29, 1.82) is 0 Å². The molecule has 0 aliphatic heterocycles. The van der Waals surface area contributed by atoms with E-state index in [0.717, 1.165) is 0 Å². The predicted molar refractivity (Wildman–Crippen MR) is 115 cm³/mol. The number of hydrogen-bond donors (Lipinski definition) is 2. The number of ether oxygens (including phenoxy) is 1. The molecule has 0 radical (unpaired) electrons. The zero-order valence-electron chi connectivity index (χ0n) is 18.1. The topological polar surface area (TPSA) is 111 Å². The number of carbonyl (C=O) groups is 3. The van der Waals surface area contributed by atoms with Gasteiger partial charge in [-0.05, 0) is 58.9 Å². The first-order valence-electron chi connectivity index (χ1n) is 9.84. The van der Waals surface area contributed by atoms with Gasteiger partial charge in [0.1, 0.15) is 11.5 Å². The SMILES string of the molecule is Cc1ccc(-c2cc(C(=O)O[C@@H](C)C(=O)NC(=O)NC(C)(C)C)c3ccccc3n2)o1. The molecule has 2 aromatic heterocycles. The van der Waals surface area contributed by atoms with Gasteiger partial charge < -0.3 is 14.5 Å². The Hall–Kier alpha value is -3.68. The number of fused-ring (bicyclic) bond motifs is 1. The van der Waals surface area contributed by atoms with Crippen LogP contribution in [0, 0.1) is 6.92 Å². The summed E-state index contributed by atoms with van der Waals surface area (Å²) >= 11 is 0. The molecule has 0 fully saturated rings. The summed E-state index contributed by atoms with van der Waals surface area (Å²) < 4.78 is 11.0. The molecular formula is C23H25N3O5. The zero-order valence-corrected chi connectivity index (χ0v) is 18.1. The van der Waals surface area contributed by atoms with Crippen molar-refractivity contribution in [3.63, 3.8) is 0 Å². The summed E-state index contributed by atoms with van der Waals surface area (Å²) in [6.07, 6.45) is -1.18. The summed E-state index contributed by atoms with van der Waals surface area (Å²) in [4.78, 5) is 41.7. The highest BCUT2D eigenvalue weighted by Gasteiger charge is 2.24. The van der Waals surface area contributed by atoms with Crippen molar-refractivity contribution in [3.05, 3.63) is 53.8 Å². The number of para-hydroxylation sites is 1. The van der Waals surface area contributed by atoms with E-state index >= 15 is 0 Å². The van der Waals surface area contributed by atoms with E-state index in [4.69, 9.17) is 9.15 Å². The van der Waals surface area contributed by atoms with E-state index < -0.39 is 29.6 Å². The molecule has 0 aliphatic carbocycles. The Bertz CT molecular complexity index is 1140. The number of pyridine rings is 1. The van der Waals surface area contributed by atoms with Crippen molar-refractivity contribution in [2.24, 2.45) is 0 Å². The van der Waals surface area contributed by atoms with Gasteiger partial charge in [0.25, 0.3) is 5.91 Å². The van der Waals surface area contributed by atoms with E-state index in [0.29, 0.717) is 28.1 Å². The van der Waals surface area contributed by atoms with Crippen LogP contribution in [-0.2, 0) is 9.53 Å². The molecule has 0 spiro atoms. The Balaban J connectivity index is 1.83. The van der Waals surface area contributed by atoms with E-state index in [1.165, 1.54) is 6.92 Å². The van der Waals surface area contributed by atoms with Crippen LogP contribution in [-0.4, -0.2) is 34.5 Å². The summed E-state index contributed by atoms with van der Waals surface area (Å²) in [5.41, 5.74) is 0.789. The molecule has 0 unspecified atom stereocenters. The van der Waals surface area contributed by atoms with Crippen LogP contribution in [0.5, 0.6) is 0 Å². The fourth-order valence-corrected chi connectivity index (χ4v) is 2.91. The molecule has 2 heterocycles. The van der Waals surface area contributed by atoms with Gasteiger partial charge in [-0.1, -0.05) is 18.2 Å². The zero-order chi connectivity index (χ0) is 22.8. The summed E-state index contributed by atoms with van der Waals surface area (Å²) in [5.74, 6) is -0.202. The van der Waals surface area contributed by atoms with Crippen LogP contribution in [0.2, 0.25) is 0 Å². The number of benzene rings is 1. The highest BCUT2D eigenvalue weighted by atomic mass is 16.5. The van der Waals surface area contributed by atoms with Gasteiger partial charge in [0.15, 0.2) is 11.9 Å². The Morgan fingerprint density at radius 3 is 2.45 bits per heavy atom. The third-order valence-electron chi connectivity index (χ3n) is 4.31. The van der Waals surface area contributed by atoms with E-state index in [9.17, 15) is 14.4 Å². The second-order valence-corrected chi connectivity index (χ2v) is 8.22. The molecule has 3 rings (SSSR count). The predicted octanol–water partition coefficient (Wildman–Crippen LogP) is 3.97. The average molecular weight is 423 g/mol. The lowest BCUT2D eigenvalue weighted by Gasteiger charge is -2.21. The molecule has 1 atom stereocenters. The van der Waals surface area contributed by atoms with Gasteiger partial charge in [0.2, 0.25) is 0 Å². The number of nitrogens with one attached hydrogen (secondary N) is 2. The molecule has 0 aliphatic rings. The number of amides is 3. The third-order valence-corrected chi connectivity index (χ3v) is 4.31. The molecule has 0 bridgehead atoms. The monoisotopic (exact) mass is 423 g/mol. The van der Waals surface area contributed by atoms with Crippen LogP contribution < -0.4 is 10.6 Å². The maximum atomic E-state index is 12.9. The van der Waals surface area contributed by atoms with Crippen LogP contribution in [0.15, 0.2) is 46.9 Å². The molecule has 3 aromatic rings. The van der Waals surface area contributed by atoms with E-state index in [1.807, 2.05) is 13.0 Å². The number of esters is 1. The van der Waals surface area contributed by atoms with Crippen molar-refractivity contribution in [3.8, 4) is 11.5 Å². The van der Waals surface area contributed by atoms with Gasteiger partial charge in [-0.2, -0.15) is 0 Å². The van der Waals surface area contributed by atoms with Crippen molar-refractivity contribution in [2.45, 2.75) is 46.3 Å². The minimum absolute atomic E-state index is 0.244. The average Bonchev–Trinajstić information content (AvgIpc) is 3.11. The maximum Gasteiger partial charge on any atom is 0.339 e. The smallest absolute Gasteiger partial charge is 0.339 e. The van der Waals surface area contributed by atoms with Crippen LogP contribution in [0.25, 0.3) is 22.4 Å². The summed E-state index contributed by atoms with van der Waals surface area (Å²) in [7, 11) is 0. The molecule has 0 saturated carbocycles. The minimum atomic E-state index is -1.18. The normalized spacial score (nSPS) is 12.3. The number of aromatic nitrogens is 1. The maximum absolute atomic E-state index is 12.9. The number of urea groups is 1. The quantitative estimate of drug-likeness (QED) is 0.614. The first-order valence-corrected chi connectivity index (χ1v) is 9.84. The minimum Gasteiger partial charge on any atom is -0.460 e. The highest BCUT2D eigenvalue weighted by Crippen LogP contribution is 2.27. The molecule has 2 N–H and O–H groups in total. The first-order chi connectivity index (χ1) is 14.5. The summed E-state index contributed by atoms with van der Waals surface area (Å²) in [6.45, 7) is 8.57. The molecular weight excluding hydrogens is 398 g/mol. The first kappa shape index (κ1) is 22.0. The summed E-state index contributed by atoms with van der Waals surface area (Å²) in [5, 5.41) is 5.37. The second kappa shape index (κ2) is 8.59. The second-order valence-electron chi connectivity index (χ2n) is 8.22. The van der Waals surface area contributed by atoms with Gasteiger partial charge in [-0.3, -0.25) is 10.1 Å². The Labute approximate surface area is 180 Å². The highest BCUT2D eigenvalue weighted by molar-refractivity contribution is 6.05. The largest absolute Gasteiger partial charge is 0.460 e. The lowest BCUT2D eigenvalue weighted by Crippen LogP contribution is -2.50. The standard InChI is InChI=1S/C23H25N3O5/c1-13-10-11-19(30-13)18-12-16(15-8-6-7-9-17(15)24-18)21(28)31-14(2)20(27)25-22(29)26-23(3,4)5/h6-12,14H,1-5H3,(H2,25,26,27,29)/t14-/m0/s1. The number of furan rings is 1. The number of aryl methyl sites for hydroxylation is 1. The molecule has 0 saturated heterocycles. The lowest BCUT2D eigenvalue weighted by molar-refractivity contribution is -0.127. The number of imide groups is 1. The van der Waals surface area contributed by atoms with Crippen LogP contribution in [0.4, 0.5) is 4.79 Å². The van der Waals surface area contributed by atoms with Crippen LogP contribution in [0.1, 0.15) is 43.8 Å². The van der Waals surface area contributed by atoms with E-state index in [1.54, 1.807) is 57.2 Å². The van der Waals surface area contributed by atoms with E-state index in [2.05, 4.69) is 15.6 Å². The van der Waals surface area contributed by atoms with Crippen molar-refractivity contribution < 1.29 is 23.5 Å². The molecule has 31 heavy (non-hydrogen) atoms. The van der Waals surface area contributed by atoms with Crippen LogP contribution >= 0.6 is 0 Å². The Kier molecular flexibility index (Phi) is 6.10. The number of hydrogen-bond acceptors (Lipinski definition) is 6. The number of rotatable bonds is 4. The molecule has 8 heteroatoms. The van der Waals surface area contributed by atoms with Crippen LogP contribution in [0.3, 0.4) is 0 Å². The lowest BCUT2D eigenvalue weighted by atomic mass is 10.1. The number of nitrogens with zero attached hydrogens (tertiary/aromatic N) is 1. The van der Waals surface area contributed by atoms with Gasteiger partial charge in [-0.25, -0.2) is 14.6 Å². The van der Waals surface area contributed by atoms with Crippen molar-refractivity contribution in [1.82, 2.24) is 15.6 Å². The third kappa shape index (κ3) is 5.48. The Morgan fingerprint density at radius 2 is 1.81 bits per heavy atom. The Morgan fingerprint density at radius 1 is 1.10 bits per heavy atom. The fourth-order valence-electron chi connectivity index (χ4n) is 2.91. The van der Waals surface area contributed by atoms with E-state index in [-0.39, 0.29) is 5.56 Å². The molecule has 8 nitrogen and oxygen atoms in total. The van der Waals surface area contributed by atoms with Gasteiger partial charge in [0, 0.05) is 10.9 Å². The number of carbonyl (C=O) groups excluding carboxylic acids is 3. The summed E-state index contributed by atoms with van der Waals surface area (Å²) in [6, 6.07) is 11.6. The van der Waals surface area contributed by atoms with Crippen molar-refractivity contribution >= 4 is 28.8 Å². The van der Waals surface area contributed by atoms with Gasteiger partial charge in [0.05, 0.1) is 11.1 Å².